The van der Waals surface area contributed by atoms with E-state index >= 15 is 0 Å². The van der Waals surface area contributed by atoms with Gasteiger partial charge in [-0.3, -0.25) is 4.90 Å². The molecule has 0 amide bonds. The third-order valence-electron chi connectivity index (χ3n) is 4.96. The number of hydrogen-bond acceptors (Lipinski definition) is 4. The quantitative estimate of drug-likeness (QED) is 0.302. The highest BCUT2D eigenvalue weighted by atomic mass is 127. The molecule has 3 rings (SSSR count). The average molecular weight is 514 g/mol. The number of nitrogens with zero attached hydrogens (tertiary/aromatic N) is 2. The lowest BCUT2D eigenvalue weighted by molar-refractivity contribution is 0.0677. The van der Waals surface area contributed by atoms with Gasteiger partial charge in [0, 0.05) is 32.7 Å². The summed E-state index contributed by atoms with van der Waals surface area (Å²) < 4.78 is 0. The first-order valence-corrected chi connectivity index (χ1v) is 10.6. The van der Waals surface area contributed by atoms with Crippen molar-refractivity contribution in [2.45, 2.75) is 32.4 Å². The van der Waals surface area contributed by atoms with E-state index in [1.807, 2.05) is 23.8 Å². The van der Waals surface area contributed by atoms with E-state index in [0.717, 1.165) is 50.7 Å². The van der Waals surface area contributed by atoms with Gasteiger partial charge in [-0.1, -0.05) is 24.3 Å². The maximum absolute atomic E-state index is 10.6. The van der Waals surface area contributed by atoms with E-state index in [-0.39, 0.29) is 24.0 Å². The molecule has 7 heteroatoms. The Morgan fingerprint density at radius 3 is 2.75 bits per heavy atom. The second-order valence-corrected chi connectivity index (χ2v) is 7.98. The second kappa shape index (κ2) is 11.1. The number of halogens is 1. The Morgan fingerprint density at radius 2 is 2.04 bits per heavy atom. The maximum atomic E-state index is 10.6. The first kappa shape index (κ1) is 23.1. The third kappa shape index (κ3) is 6.43. The van der Waals surface area contributed by atoms with Crippen molar-refractivity contribution in [3.63, 3.8) is 0 Å². The van der Waals surface area contributed by atoms with Gasteiger partial charge in [0.2, 0.25) is 0 Å². The van der Waals surface area contributed by atoms with Crippen LogP contribution >= 0.6 is 35.3 Å². The Kier molecular flexibility index (Phi) is 9.20. The zero-order valence-electron chi connectivity index (χ0n) is 16.6. The van der Waals surface area contributed by atoms with E-state index in [4.69, 9.17) is 0 Å². The molecule has 0 radical (unpaired) electrons. The Bertz CT molecular complexity index is 749. The predicted molar refractivity (Wildman–Crippen MR) is 129 cm³/mol. The van der Waals surface area contributed by atoms with Crippen LogP contribution in [0.15, 0.2) is 46.1 Å². The van der Waals surface area contributed by atoms with Crippen LogP contribution in [0.4, 0.5) is 0 Å². The highest BCUT2D eigenvalue weighted by molar-refractivity contribution is 14.0. The number of aliphatic imine (C=N–C) groups is 1. The lowest BCUT2D eigenvalue weighted by atomic mass is 10.00. The number of rotatable bonds is 7. The predicted octanol–water partition coefficient (Wildman–Crippen LogP) is 3.19. The van der Waals surface area contributed by atoms with Gasteiger partial charge in [-0.2, -0.15) is 11.3 Å². The van der Waals surface area contributed by atoms with Crippen LogP contribution in [0.1, 0.15) is 30.5 Å². The van der Waals surface area contributed by atoms with Crippen LogP contribution in [-0.2, 0) is 18.6 Å². The van der Waals surface area contributed by atoms with Gasteiger partial charge in [0.25, 0.3) is 0 Å². The van der Waals surface area contributed by atoms with Gasteiger partial charge in [-0.15, -0.1) is 24.0 Å². The molecule has 0 aliphatic carbocycles. The van der Waals surface area contributed by atoms with E-state index < -0.39 is 5.60 Å². The molecule has 1 aromatic heterocycles. The zero-order chi connectivity index (χ0) is 19.1. The molecule has 0 spiro atoms. The molecule has 0 saturated heterocycles. The van der Waals surface area contributed by atoms with E-state index in [0.29, 0.717) is 6.54 Å². The Labute approximate surface area is 189 Å². The average Bonchev–Trinajstić information content (AvgIpc) is 3.22. The molecule has 0 fully saturated rings. The highest BCUT2D eigenvalue weighted by Gasteiger charge is 2.23. The summed E-state index contributed by atoms with van der Waals surface area (Å²) in [6.45, 7) is 8.90. The van der Waals surface area contributed by atoms with E-state index in [1.165, 1.54) is 11.1 Å². The number of fused-ring (bicyclic) bond motifs is 1. The van der Waals surface area contributed by atoms with Crippen LogP contribution in [0.3, 0.4) is 0 Å². The van der Waals surface area contributed by atoms with Crippen molar-refractivity contribution in [1.82, 2.24) is 15.5 Å². The summed E-state index contributed by atoms with van der Waals surface area (Å²) in [5.41, 5.74) is 2.89. The summed E-state index contributed by atoms with van der Waals surface area (Å²) in [5.74, 6) is 0.755. The normalized spacial score (nSPS) is 16.6. The fourth-order valence-electron chi connectivity index (χ4n) is 3.31. The Morgan fingerprint density at radius 1 is 1.25 bits per heavy atom. The van der Waals surface area contributed by atoms with Crippen molar-refractivity contribution < 1.29 is 5.11 Å². The molecule has 1 aromatic carbocycles. The molecule has 1 aliphatic heterocycles. The summed E-state index contributed by atoms with van der Waals surface area (Å²) in [4.78, 5) is 7.06. The standard InChI is InChI=1S/C21H30N4OS.HI/c1-3-22-20(24-16-21(2,26)19-9-13-27-15-19)23-10-12-25-11-8-17-6-4-5-7-18(17)14-25;/h4-7,9,13,15,26H,3,8,10-12,14,16H2,1-2H3,(H2,22,23,24);1H. The van der Waals surface area contributed by atoms with Crippen LogP contribution in [0.25, 0.3) is 0 Å². The molecule has 0 saturated carbocycles. The lowest BCUT2D eigenvalue weighted by Crippen LogP contribution is -2.43. The zero-order valence-corrected chi connectivity index (χ0v) is 19.8. The van der Waals surface area contributed by atoms with Crippen LogP contribution in [0, 0.1) is 0 Å². The summed E-state index contributed by atoms with van der Waals surface area (Å²) in [6, 6.07) is 10.7. The van der Waals surface area contributed by atoms with Gasteiger partial charge < -0.3 is 15.7 Å². The maximum Gasteiger partial charge on any atom is 0.191 e. The summed E-state index contributed by atoms with van der Waals surface area (Å²) in [6.07, 6.45) is 1.12. The van der Waals surface area contributed by atoms with Crippen molar-refractivity contribution in [3.05, 3.63) is 57.8 Å². The summed E-state index contributed by atoms with van der Waals surface area (Å²) in [7, 11) is 0. The fourth-order valence-corrected chi connectivity index (χ4v) is 4.10. The molecule has 2 heterocycles. The monoisotopic (exact) mass is 514 g/mol. The lowest BCUT2D eigenvalue weighted by Gasteiger charge is -2.29. The molecule has 0 bridgehead atoms. The van der Waals surface area contributed by atoms with Crippen LogP contribution in [-0.4, -0.2) is 48.7 Å². The minimum absolute atomic E-state index is 0. The van der Waals surface area contributed by atoms with Crippen LogP contribution < -0.4 is 10.6 Å². The SMILES string of the molecule is CCNC(=NCC(C)(O)c1ccsc1)NCCN1CCc2ccccc2C1.I. The minimum Gasteiger partial charge on any atom is -0.383 e. The van der Waals surface area contributed by atoms with E-state index in [2.05, 4.69) is 51.7 Å². The molecule has 2 aromatic rings. The smallest absolute Gasteiger partial charge is 0.191 e. The van der Waals surface area contributed by atoms with Crippen molar-refractivity contribution in [1.29, 1.82) is 0 Å². The van der Waals surface area contributed by atoms with Gasteiger partial charge in [-0.05, 0) is 53.8 Å². The van der Waals surface area contributed by atoms with E-state index in [1.54, 1.807) is 11.3 Å². The molecular formula is C21H31IN4OS. The number of benzene rings is 1. The van der Waals surface area contributed by atoms with E-state index in [9.17, 15) is 5.11 Å². The Hall–Kier alpha value is -1.16. The van der Waals surface area contributed by atoms with Crippen molar-refractivity contribution >= 4 is 41.3 Å². The minimum atomic E-state index is -0.946. The van der Waals surface area contributed by atoms with Crippen molar-refractivity contribution in [2.24, 2.45) is 4.99 Å². The molecule has 1 atom stereocenters. The fraction of sp³-hybridized carbons (Fsp3) is 0.476. The largest absolute Gasteiger partial charge is 0.383 e. The van der Waals surface area contributed by atoms with Gasteiger partial charge >= 0.3 is 0 Å². The number of thiophene rings is 1. The number of guanidine groups is 1. The molecule has 1 aliphatic rings. The first-order valence-electron chi connectivity index (χ1n) is 9.65. The molecule has 1 unspecified atom stereocenters. The Balaban J connectivity index is 0.00000280. The number of aliphatic hydroxyl groups is 1. The van der Waals surface area contributed by atoms with Crippen molar-refractivity contribution in [2.75, 3.05) is 32.7 Å². The van der Waals surface area contributed by atoms with Crippen molar-refractivity contribution in [3.8, 4) is 0 Å². The molecule has 5 nitrogen and oxygen atoms in total. The van der Waals surface area contributed by atoms with Crippen LogP contribution in [0.2, 0.25) is 0 Å². The summed E-state index contributed by atoms with van der Waals surface area (Å²) >= 11 is 1.59. The van der Waals surface area contributed by atoms with Gasteiger partial charge in [-0.25, -0.2) is 4.99 Å². The molecule has 154 valence electrons. The molecule has 3 N–H and O–H groups in total. The summed E-state index contributed by atoms with van der Waals surface area (Å²) in [5, 5.41) is 21.3. The molecular weight excluding hydrogens is 483 g/mol. The first-order chi connectivity index (χ1) is 13.1. The van der Waals surface area contributed by atoms with Gasteiger partial charge in [0.05, 0.1) is 6.54 Å². The van der Waals surface area contributed by atoms with Gasteiger partial charge in [0.1, 0.15) is 5.60 Å². The topological polar surface area (TPSA) is 59.9 Å². The molecule has 28 heavy (non-hydrogen) atoms. The highest BCUT2D eigenvalue weighted by Crippen LogP contribution is 2.23. The third-order valence-corrected chi connectivity index (χ3v) is 5.65. The second-order valence-electron chi connectivity index (χ2n) is 7.20. The number of hydrogen-bond donors (Lipinski definition) is 3. The van der Waals surface area contributed by atoms with Gasteiger partial charge in [0.15, 0.2) is 5.96 Å². The number of nitrogens with one attached hydrogen (secondary N) is 2. The van der Waals surface area contributed by atoms with Crippen LogP contribution in [0.5, 0.6) is 0 Å².